The number of rotatable bonds is 4. The molecule has 0 aliphatic heterocycles. The molecule has 1 heterocycles. The quantitative estimate of drug-likeness (QED) is 0.398. The predicted octanol–water partition coefficient (Wildman–Crippen LogP) is -0.120. The van der Waals surface area contributed by atoms with Crippen molar-refractivity contribution in [2.75, 3.05) is 0 Å². The van der Waals surface area contributed by atoms with Crippen LogP contribution in [-0.2, 0) is 7.05 Å². The van der Waals surface area contributed by atoms with Gasteiger partial charge in [-0.15, -0.1) is 0 Å². The molecule has 1 aromatic heterocycles. The molecule has 0 unspecified atom stereocenters. The number of hydrogen-bond acceptors (Lipinski definition) is 7. The highest BCUT2D eigenvalue weighted by molar-refractivity contribution is 5.28. The van der Waals surface area contributed by atoms with Crippen LogP contribution in [0.25, 0.3) is 0 Å². The Balaban J connectivity index is 3.36. The molecule has 0 aliphatic rings. The third-order valence-electron chi connectivity index (χ3n) is 1.75. The standard InChI is InChI=1S/C5H5N5O6/c1-7-2-6-3(4(7)8(11)12)5(9(13)14)10(15)16/h2,5H,1H3. The minimum Gasteiger partial charge on any atom is -0.358 e. The Bertz CT molecular complexity index is 452. The average Bonchev–Trinajstić information content (AvgIpc) is 2.46. The number of imidazole rings is 1. The maximum absolute atomic E-state index is 10.6. The Morgan fingerprint density at radius 2 is 1.75 bits per heavy atom. The van der Waals surface area contributed by atoms with E-state index in [1.807, 2.05) is 0 Å². The van der Waals surface area contributed by atoms with Gasteiger partial charge in [0, 0.05) is 0 Å². The summed E-state index contributed by atoms with van der Waals surface area (Å²) in [4.78, 5) is 31.3. The molecule has 1 aromatic rings. The van der Waals surface area contributed by atoms with Crippen LogP contribution in [0.2, 0.25) is 0 Å². The summed E-state index contributed by atoms with van der Waals surface area (Å²) in [6.07, 6.45) is -1.52. The predicted molar refractivity (Wildman–Crippen MR) is 46.6 cm³/mol. The molecule has 0 saturated heterocycles. The Morgan fingerprint density at radius 1 is 1.25 bits per heavy atom. The van der Waals surface area contributed by atoms with Crippen LogP contribution in [0.4, 0.5) is 5.82 Å². The van der Waals surface area contributed by atoms with Crippen molar-refractivity contribution in [1.29, 1.82) is 0 Å². The van der Waals surface area contributed by atoms with Gasteiger partial charge in [-0.1, -0.05) is 0 Å². The largest absolute Gasteiger partial charge is 0.501 e. The van der Waals surface area contributed by atoms with Crippen molar-refractivity contribution < 1.29 is 14.8 Å². The van der Waals surface area contributed by atoms with Crippen molar-refractivity contribution in [3.05, 3.63) is 42.4 Å². The number of nitrogens with zero attached hydrogens (tertiary/aromatic N) is 5. The van der Waals surface area contributed by atoms with Crippen LogP contribution in [0.3, 0.4) is 0 Å². The second-order valence-corrected chi connectivity index (χ2v) is 2.77. The first kappa shape index (κ1) is 11.5. The fourth-order valence-corrected chi connectivity index (χ4v) is 1.12. The summed E-state index contributed by atoms with van der Waals surface area (Å²) in [5, 5.41) is 31.4. The van der Waals surface area contributed by atoms with Crippen LogP contribution in [-0.4, -0.2) is 24.3 Å². The highest BCUT2D eigenvalue weighted by Gasteiger charge is 2.44. The average molecular weight is 231 g/mol. The molecule has 16 heavy (non-hydrogen) atoms. The lowest BCUT2D eigenvalue weighted by Gasteiger charge is -1.99. The summed E-state index contributed by atoms with van der Waals surface area (Å²) in [5.74, 6) is -0.765. The van der Waals surface area contributed by atoms with Gasteiger partial charge < -0.3 is 10.1 Å². The van der Waals surface area contributed by atoms with Crippen molar-refractivity contribution in [2.45, 2.75) is 6.17 Å². The maximum atomic E-state index is 10.6. The Morgan fingerprint density at radius 3 is 2.12 bits per heavy atom. The molecule has 86 valence electrons. The van der Waals surface area contributed by atoms with E-state index in [0.29, 0.717) is 0 Å². The van der Waals surface area contributed by atoms with Gasteiger partial charge in [0.2, 0.25) is 0 Å². The topological polar surface area (TPSA) is 147 Å². The van der Waals surface area contributed by atoms with E-state index in [9.17, 15) is 30.3 Å². The third kappa shape index (κ3) is 1.77. The first-order valence-electron chi connectivity index (χ1n) is 3.78. The molecule has 0 N–H and O–H groups in total. The minimum absolute atomic E-state index is 0.765. The molecular weight excluding hydrogens is 226 g/mol. The minimum atomic E-state index is -2.43. The van der Waals surface area contributed by atoms with Crippen LogP contribution in [0, 0.1) is 30.3 Å². The van der Waals surface area contributed by atoms with Crippen molar-refractivity contribution in [3.63, 3.8) is 0 Å². The maximum Gasteiger partial charge on any atom is 0.501 e. The molecule has 0 atom stereocenters. The molecule has 11 nitrogen and oxygen atoms in total. The molecule has 0 radical (unpaired) electrons. The molecule has 1 rings (SSSR count). The molecule has 0 bridgehead atoms. The van der Waals surface area contributed by atoms with E-state index >= 15 is 0 Å². The molecule has 0 spiro atoms. The van der Waals surface area contributed by atoms with Crippen LogP contribution in [0.1, 0.15) is 11.9 Å². The van der Waals surface area contributed by atoms with Crippen LogP contribution in [0.15, 0.2) is 6.33 Å². The second-order valence-electron chi connectivity index (χ2n) is 2.77. The lowest BCUT2D eigenvalue weighted by molar-refractivity contribution is -0.753. The van der Waals surface area contributed by atoms with Crippen LogP contribution in [0.5, 0.6) is 0 Å². The van der Waals surface area contributed by atoms with Gasteiger partial charge in [0.1, 0.15) is 9.85 Å². The van der Waals surface area contributed by atoms with Crippen molar-refractivity contribution in [1.82, 2.24) is 9.55 Å². The van der Waals surface area contributed by atoms with Crippen LogP contribution >= 0.6 is 0 Å². The molecule has 0 fully saturated rings. The lowest BCUT2D eigenvalue weighted by Crippen LogP contribution is -2.21. The van der Waals surface area contributed by atoms with E-state index in [2.05, 4.69) is 4.98 Å². The van der Waals surface area contributed by atoms with E-state index < -0.39 is 32.4 Å². The first-order chi connectivity index (χ1) is 7.36. The van der Waals surface area contributed by atoms with E-state index in [0.717, 1.165) is 10.9 Å². The van der Waals surface area contributed by atoms with Gasteiger partial charge in [0.05, 0.1) is 7.05 Å². The highest BCUT2D eigenvalue weighted by atomic mass is 16.7. The molecule has 0 aliphatic carbocycles. The van der Waals surface area contributed by atoms with E-state index in [4.69, 9.17) is 0 Å². The summed E-state index contributed by atoms with van der Waals surface area (Å²) in [5.41, 5.74) is -0.789. The van der Waals surface area contributed by atoms with Gasteiger partial charge in [-0.25, -0.2) is 4.57 Å². The molecule has 0 amide bonds. The lowest BCUT2D eigenvalue weighted by atomic mass is 10.3. The summed E-state index contributed by atoms with van der Waals surface area (Å²) in [6.45, 7) is 0. The van der Waals surface area contributed by atoms with Gasteiger partial charge in [0.25, 0.3) is 5.69 Å². The molecule has 0 saturated carbocycles. The van der Waals surface area contributed by atoms with E-state index in [-0.39, 0.29) is 0 Å². The number of aryl methyl sites for hydroxylation is 1. The fraction of sp³-hybridized carbons (Fsp3) is 0.400. The normalized spacial score (nSPS) is 10.4. The van der Waals surface area contributed by atoms with Gasteiger partial charge in [-0.3, -0.25) is 20.2 Å². The van der Waals surface area contributed by atoms with Gasteiger partial charge in [0.15, 0.2) is 6.33 Å². The fourth-order valence-electron chi connectivity index (χ4n) is 1.12. The molecule has 11 heteroatoms. The second kappa shape index (κ2) is 3.88. The van der Waals surface area contributed by atoms with Crippen molar-refractivity contribution in [3.8, 4) is 0 Å². The highest BCUT2D eigenvalue weighted by Crippen LogP contribution is 2.25. The Kier molecular flexibility index (Phi) is 2.78. The number of nitro groups is 3. The first-order valence-corrected chi connectivity index (χ1v) is 3.78. The number of aromatic nitrogens is 2. The van der Waals surface area contributed by atoms with Crippen molar-refractivity contribution in [2.24, 2.45) is 7.05 Å². The van der Waals surface area contributed by atoms with E-state index in [1.165, 1.54) is 7.05 Å². The monoisotopic (exact) mass is 231 g/mol. The summed E-state index contributed by atoms with van der Waals surface area (Å²) in [7, 11) is 1.21. The summed E-state index contributed by atoms with van der Waals surface area (Å²) >= 11 is 0. The van der Waals surface area contributed by atoms with Crippen LogP contribution < -0.4 is 0 Å². The summed E-state index contributed by atoms with van der Waals surface area (Å²) in [6, 6.07) is 0. The zero-order valence-corrected chi connectivity index (χ0v) is 7.84. The Labute approximate surface area is 86.8 Å². The third-order valence-corrected chi connectivity index (χ3v) is 1.75. The SMILES string of the molecule is Cn1cnc(C([N+](=O)[O-])[N+](=O)[O-])c1[N+](=O)[O-]. The smallest absolute Gasteiger partial charge is 0.358 e. The molecule has 0 aromatic carbocycles. The zero-order valence-electron chi connectivity index (χ0n) is 7.84. The van der Waals surface area contributed by atoms with Gasteiger partial charge in [-0.05, 0) is 4.92 Å². The number of hydrogen-bond donors (Lipinski definition) is 0. The van der Waals surface area contributed by atoms with E-state index in [1.54, 1.807) is 0 Å². The van der Waals surface area contributed by atoms with Gasteiger partial charge >= 0.3 is 12.0 Å². The van der Waals surface area contributed by atoms with Crippen molar-refractivity contribution >= 4 is 5.82 Å². The Hall–Kier alpha value is -2.59. The zero-order chi connectivity index (χ0) is 12.5. The van der Waals surface area contributed by atoms with Gasteiger partial charge in [-0.2, -0.15) is 4.98 Å². The molecular formula is C5H5N5O6. The summed E-state index contributed by atoms with van der Waals surface area (Å²) < 4.78 is 0.870.